The van der Waals surface area contributed by atoms with Crippen LogP contribution in [0.4, 0.5) is 0 Å². The minimum atomic E-state index is -0.132. The first-order valence-corrected chi connectivity index (χ1v) is 9.82. The van der Waals surface area contributed by atoms with E-state index in [1.165, 1.54) is 0 Å². The third-order valence-electron chi connectivity index (χ3n) is 6.18. The van der Waals surface area contributed by atoms with Crippen molar-refractivity contribution in [2.75, 3.05) is 7.05 Å². The molecule has 2 aliphatic carbocycles. The molecule has 0 aliphatic heterocycles. The molecule has 0 radical (unpaired) electrons. The Bertz CT molecular complexity index is 760. The van der Waals surface area contributed by atoms with Gasteiger partial charge in [0.2, 0.25) is 0 Å². The zero-order valence-corrected chi connectivity index (χ0v) is 15.8. The number of para-hydroxylation sites is 1. The number of benzene rings is 2. The van der Waals surface area contributed by atoms with Crippen LogP contribution in [-0.2, 0) is 6.61 Å². The fraction of sp³-hybridized carbons (Fsp3) is 0.435. The Morgan fingerprint density at radius 3 is 2.26 bits per heavy atom. The van der Waals surface area contributed by atoms with Gasteiger partial charge in [0.05, 0.1) is 6.10 Å². The van der Waals surface area contributed by atoms with E-state index in [2.05, 4.69) is 0 Å². The van der Waals surface area contributed by atoms with Crippen molar-refractivity contribution >= 4 is 5.91 Å². The van der Waals surface area contributed by atoms with Crippen molar-refractivity contribution in [1.29, 1.82) is 0 Å². The van der Waals surface area contributed by atoms with Gasteiger partial charge in [0.25, 0.3) is 5.91 Å². The maximum absolute atomic E-state index is 12.9. The van der Waals surface area contributed by atoms with Crippen LogP contribution >= 0.6 is 0 Å². The first-order valence-electron chi connectivity index (χ1n) is 9.82. The average Bonchev–Trinajstić information content (AvgIpc) is 3.24. The van der Waals surface area contributed by atoms with E-state index in [9.17, 15) is 9.90 Å². The summed E-state index contributed by atoms with van der Waals surface area (Å²) in [4.78, 5) is 14.8. The van der Waals surface area contributed by atoms with Crippen LogP contribution in [0.2, 0.25) is 0 Å². The number of aliphatic hydroxyl groups excluding tert-OH is 1. The summed E-state index contributed by atoms with van der Waals surface area (Å²) in [6.45, 7) is 0.489. The van der Waals surface area contributed by atoms with Crippen LogP contribution in [0.3, 0.4) is 0 Å². The van der Waals surface area contributed by atoms with Crippen LogP contribution in [0.25, 0.3) is 0 Å². The molecule has 1 N–H and O–H groups in total. The molecule has 4 atom stereocenters. The average molecular weight is 365 g/mol. The highest BCUT2D eigenvalue weighted by Crippen LogP contribution is 2.45. The lowest BCUT2D eigenvalue weighted by atomic mass is 10.0. The molecule has 1 amide bonds. The van der Waals surface area contributed by atoms with E-state index in [4.69, 9.17) is 4.74 Å². The van der Waals surface area contributed by atoms with Gasteiger partial charge in [-0.3, -0.25) is 4.79 Å². The van der Waals surface area contributed by atoms with Crippen molar-refractivity contribution in [3.05, 3.63) is 65.7 Å². The highest BCUT2D eigenvalue weighted by atomic mass is 16.5. The largest absolute Gasteiger partial charge is 0.489 e. The monoisotopic (exact) mass is 365 g/mol. The van der Waals surface area contributed by atoms with Gasteiger partial charge in [-0.1, -0.05) is 30.3 Å². The van der Waals surface area contributed by atoms with E-state index in [0.717, 1.165) is 42.6 Å². The van der Waals surface area contributed by atoms with E-state index >= 15 is 0 Å². The lowest BCUT2D eigenvalue weighted by molar-refractivity contribution is 0.0722. The molecule has 2 unspecified atom stereocenters. The number of carbonyl (C=O) groups is 1. The summed E-state index contributed by atoms with van der Waals surface area (Å²) in [5.41, 5.74) is 1.76. The summed E-state index contributed by atoms with van der Waals surface area (Å²) in [5.74, 6) is 2.08. The van der Waals surface area contributed by atoms with Crippen LogP contribution in [0.1, 0.15) is 41.6 Å². The molecule has 2 saturated carbocycles. The molecule has 0 spiro atoms. The SMILES string of the molecule is CN(C(=O)c1ccc(COc2ccccc2)cc1)C1C[C@H]2CC(O)C[C@H]2C1. The molecule has 4 nitrogen and oxygen atoms in total. The standard InChI is InChI=1S/C23H27NO3/c1-24(20-11-18-13-21(25)14-19(18)12-20)23(26)17-9-7-16(8-10-17)15-27-22-5-3-2-4-6-22/h2-10,18-21,25H,11-15H2,1H3/t18-,19+,20?,21?. The zero-order chi connectivity index (χ0) is 18.8. The summed E-state index contributed by atoms with van der Waals surface area (Å²) in [5, 5.41) is 9.80. The molecular weight excluding hydrogens is 338 g/mol. The molecule has 2 aromatic rings. The van der Waals surface area contributed by atoms with Crippen molar-refractivity contribution in [3.8, 4) is 5.75 Å². The molecular formula is C23H27NO3. The van der Waals surface area contributed by atoms with Crippen LogP contribution in [0.5, 0.6) is 5.75 Å². The maximum Gasteiger partial charge on any atom is 0.253 e. The predicted octanol–water partition coefficient (Wildman–Crippen LogP) is 3.89. The Kier molecular flexibility index (Phi) is 5.17. The molecule has 0 aromatic heterocycles. The van der Waals surface area contributed by atoms with Gasteiger partial charge in [0.15, 0.2) is 0 Å². The minimum Gasteiger partial charge on any atom is -0.489 e. The molecule has 2 aromatic carbocycles. The second kappa shape index (κ2) is 7.73. The lowest BCUT2D eigenvalue weighted by Gasteiger charge is -2.26. The quantitative estimate of drug-likeness (QED) is 0.875. The van der Waals surface area contributed by atoms with Gasteiger partial charge in [-0.25, -0.2) is 0 Å². The van der Waals surface area contributed by atoms with Gasteiger partial charge in [-0.05, 0) is 67.3 Å². The van der Waals surface area contributed by atoms with Gasteiger partial charge in [-0.15, -0.1) is 0 Å². The van der Waals surface area contributed by atoms with Gasteiger partial charge in [0.1, 0.15) is 12.4 Å². The summed E-state index contributed by atoms with van der Waals surface area (Å²) < 4.78 is 5.76. The number of fused-ring (bicyclic) bond motifs is 1. The fourth-order valence-electron chi connectivity index (χ4n) is 4.67. The summed E-state index contributed by atoms with van der Waals surface area (Å²) in [7, 11) is 1.91. The van der Waals surface area contributed by atoms with Gasteiger partial charge in [0, 0.05) is 18.7 Å². The topological polar surface area (TPSA) is 49.8 Å². The second-order valence-electron chi connectivity index (χ2n) is 7.99. The van der Waals surface area contributed by atoms with E-state index in [1.807, 2.05) is 66.5 Å². The number of aliphatic hydroxyl groups is 1. The normalized spacial score (nSPS) is 26.6. The van der Waals surface area contributed by atoms with E-state index in [0.29, 0.717) is 24.5 Å². The third-order valence-corrected chi connectivity index (χ3v) is 6.18. The third kappa shape index (κ3) is 4.01. The highest BCUT2D eigenvalue weighted by Gasteiger charge is 2.43. The molecule has 0 saturated heterocycles. The van der Waals surface area contributed by atoms with Crippen LogP contribution < -0.4 is 4.74 Å². The Morgan fingerprint density at radius 2 is 1.63 bits per heavy atom. The van der Waals surface area contributed by atoms with Crippen molar-refractivity contribution in [1.82, 2.24) is 4.90 Å². The molecule has 0 bridgehead atoms. The number of amides is 1. The Balaban J connectivity index is 1.33. The second-order valence-corrected chi connectivity index (χ2v) is 7.99. The zero-order valence-electron chi connectivity index (χ0n) is 15.8. The molecule has 4 rings (SSSR count). The van der Waals surface area contributed by atoms with E-state index < -0.39 is 0 Å². The Labute approximate surface area is 160 Å². The number of ether oxygens (including phenoxy) is 1. The number of carbonyl (C=O) groups excluding carboxylic acids is 1. The summed E-state index contributed by atoms with van der Waals surface area (Å²) >= 11 is 0. The fourth-order valence-corrected chi connectivity index (χ4v) is 4.67. The Morgan fingerprint density at radius 1 is 1.00 bits per heavy atom. The van der Waals surface area contributed by atoms with E-state index in [-0.39, 0.29) is 12.0 Å². The molecule has 142 valence electrons. The number of hydrogen-bond donors (Lipinski definition) is 1. The molecule has 2 aliphatic rings. The van der Waals surface area contributed by atoms with Crippen molar-refractivity contribution < 1.29 is 14.6 Å². The van der Waals surface area contributed by atoms with Crippen LogP contribution in [0, 0.1) is 11.8 Å². The van der Waals surface area contributed by atoms with Crippen LogP contribution in [0.15, 0.2) is 54.6 Å². The number of hydrogen-bond acceptors (Lipinski definition) is 3. The summed E-state index contributed by atoms with van der Waals surface area (Å²) in [6.07, 6.45) is 3.71. The number of rotatable bonds is 5. The van der Waals surface area contributed by atoms with Gasteiger partial charge in [-0.2, -0.15) is 0 Å². The molecule has 27 heavy (non-hydrogen) atoms. The maximum atomic E-state index is 12.9. The van der Waals surface area contributed by atoms with Crippen molar-refractivity contribution in [3.63, 3.8) is 0 Å². The summed E-state index contributed by atoms with van der Waals surface area (Å²) in [6, 6.07) is 17.7. The number of nitrogens with zero attached hydrogens (tertiary/aromatic N) is 1. The molecule has 0 heterocycles. The van der Waals surface area contributed by atoms with Crippen LogP contribution in [-0.4, -0.2) is 35.1 Å². The minimum absolute atomic E-state index is 0.0797. The highest BCUT2D eigenvalue weighted by molar-refractivity contribution is 5.94. The Hall–Kier alpha value is -2.33. The van der Waals surface area contributed by atoms with Crippen molar-refractivity contribution in [2.45, 2.75) is 44.4 Å². The van der Waals surface area contributed by atoms with Crippen molar-refractivity contribution in [2.24, 2.45) is 11.8 Å². The molecule has 2 fully saturated rings. The lowest BCUT2D eigenvalue weighted by Crippen LogP contribution is -2.36. The van der Waals surface area contributed by atoms with E-state index in [1.54, 1.807) is 0 Å². The first kappa shape index (κ1) is 18.1. The molecule has 4 heteroatoms. The first-order chi connectivity index (χ1) is 13.1. The smallest absolute Gasteiger partial charge is 0.253 e. The van der Waals surface area contributed by atoms with Gasteiger partial charge < -0.3 is 14.7 Å². The predicted molar refractivity (Wildman–Crippen MR) is 105 cm³/mol. The van der Waals surface area contributed by atoms with Gasteiger partial charge >= 0.3 is 0 Å².